The van der Waals surface area contributed by atoms with Crippen LogP contribution in [-0.2, 0) is 9.59 Å². The number of rotatable bonds is 8. The van der Waals surface area contributed by atoms with E-state index in [9.17, 15) is 9.59 Å². The van der Waals surface area contributed by atoms with Gasteiger partial charge in [-0.15, -0.1) is 0 Å². The zero-order valence-electron chi connectivity index (χ0n) is 11.2. The topological polar surface area (TPSA) is 83.6 Å². The monoisotopic (exact) mass is 298 g/mol. The molecule has 0 fully saturated rings. The molecule has 1 amide bonds. The third kappa shape index (κ3) is 5.59. The molecule has 1 aromatic carbocycles. The number of nitrogens with two attached hydrogens (primary N) is 1. The van der Waals surface area contributed by atoms with Gasteiger partial charge in [-0.1, -0.05) is 24.1 Å². The van der Waals surface area contributed by atoms with Crippen LogP contribution in [0.3, 0.4) is 0 Å². The smallest absolute Gasteiger partial charge is 0.323 e. The third-order valence-corrected chi connectivity index (χ3v) is 3.04. The highest BCUT2D eigenvalue weighted by Crippen LogP contribution is 2.20. The Balaban J connectivity index is 2.73. The van der Waals surface area contributed by atoms with Crippen molar-refractivity contribution in [2.75, 3.05) is 18.0 Å². The molecule has 0 saturated heterocycles. The molecule has 0 saturated carbocycles. The van der Waals surface area contributed by atoms with Crippen molar-refractivity contribution >= 4 is 29.2 Å². The second kappa shape index (κ2) is 8.55. The van der Waals surface area contributed by atoms with Crippen molar-refractivity contribution in [3.05, 3.63) is 29.3 Å². The zero-order valence-corrected chi connectivity index (χ0v) is 12.0. The van der Waals surface area contributed by atoms with Crippen LogP contribution in [0.1, 0.15) is 25.7 Å². The lowest BCUT2D eigenvalue weighted by atomic mass is 10.1. The van der Waals surface area contributed by atoms with Gasteiger partial charge in [0.2, 0.25) is 5.91 Å². The Morgan fingerprint density at radius 2 is 2.00 bits per heavy atom. The van der Waals surface area contributed by atoms with Gasteiger partial charge in [0.05, 0.1) is 0 Å². The highest BCUT2D eigenvalue weighted by atomic mass is 35.5. The van der Waals surface area contributed by atoms with Gasteiger partial charge in [0.1, 0.15) is 6.54 Å². The summed E-state index contributed by atoms with van der Waals surface area (Å²) in [4.78, 5) is 24.3. The van der Waals surface area contributed by atoms with Crippen molar-refractivity contribution in [1.82, 2.24) is 0 Å². The van der Waals surface area contributed by atoms with Crippen LogP contribution in [-0.4, -0.2) is 30.1 Å². The Kier molecular flexibility index (Phi) is 7.04. The summed E-state index contributed by atoms with van der Waals surface area (Å²) in [7, 11) is 0. The number of hydrogen-bond donors (Lipinski definition) is 2. The summed E-state index contributed by atoms with van der Waals surface area (Å²) in [5.41, 5.74) is 5.89. The van der Waals surface area contributed by atoms with Gasteiger partial charge in [-0.05, 0) is 37.6 Å². The third-order valence-electron chi connectivity index (χ3n) is 2.81. The zero-order chi connectivity index (χ0) is 15.0. The Morgan fingerprint density at radius 3 is 2.60 bits per heavy atom. The fraction of sp³-hybridized carbons (Fsp3) is 0.429. The molecule has 0 unspecified atom stereocenters. The Labute approximate surface area is 123 Å². The van der Waals surface area contributed by atoms with E-state index in [-0.39, 0.29) is 12.5 Å². The normalized spacial score (nSPS) is 10.3. The molecular formula is C14H19ClN2O3. The molecular weight excluding hydrogens is 280 g/mol. The summed E-state index contributed by atoms with van der Waals surface area (Å²) < 4.78 is 0. The maximum atomic E-state index is 12.1. The second-order valence-electron chi connectivity index (χ2n) is 4.45. The van der Waals surface area contributed by atoms with Crippen LogP contribution < -0.4 is 10.6 Å². The molecule has 0 heterocycles. The highest BCUT2D eigenvalue weighted by Gasteiger charge is 2.18. The molecule has 20 heavy (non-hydrogen) atoms. The van der Waals surface area contributed by atoms with Crippen molar-refractivity contribution in [2.24, 2.45) is 5.73 Å². The second-order valence-corrected chi connectivity index (χ2v) is 4.89. The minimum Gasteiger partial charge on any atom is -0.480 e. The molecule has 0 spiro atoms. The van der Waals surface area contributed by atoms with E-state index in [2.05, 4.69) is 0 Å². The number of carbonyl (C=O) groups is 2. The lowest BCUT2D eigenvalue weighted by Gasteiger charge is -2.21. The van der Waals surface area contributed by atoms with E-state index >= 15 is 0 Å². The van der Waals surface area contributed by atoms with E-state index in [1.807, 2.05) is 0 Å². The average Bonchev–Trinajstić information content (AvgIpc) is 2.40. The molecule has 0 bridgehead atoms. The van der Waals surface area contributed by atoms with Crippen LogP contribution in [0, 0.1) is 0 Å². The van der Waals surface area contributed by atoms with Crippen molar-refractivity contribution in [1.29, 1.82) is 0 Å². The predicted molar refractivity (Wildman–Crippen MR) is 79.0 cm³/mol. The molecule has 5 nitrogen and oxygen atoms in total. The Bertz CT molecular complexity index is 465. The number of carbonyl (C=O) groups excluding carboxylic acids is 1. The largest absolute Gasteiger partial charge is 0.480 e. The van der Waals surface area contributed by atoms with Crippen molar-refractivity contribution in [3.63, 3.8) is 0 Å². The number of anilines is 1. The summed E-state index contributed by atoms with van der Waals surface area (Å²) in [6, 6.07) is 6.62. The van der Waals surface area contributed by atoms with Crippen molar-refractivity contribution < 1.29 is 14.7 Å². The van der Waals surface area contributed by atoms with E-state index in [0.717, 1.165) is 12.8 Å². The number of carboxylic acid groups (broad SMARTS) is 1. The van der Waals surface area contributed by atoms with Gasteiger partial charge in [-0.2, -0.15) is 0 Å². The average molecular weight is 299 g/mol. The first-order valence-electron chi connectivity index (χ1n) is 6.52. The molecule has 0 radical (unpaired) electrons. The maximum absolute atomic E-state index is 12.1. The molecule has 1 rings (SSSR count). The van der Waals surface area contributed by atoms with Crippen LogP contribution in [0.25, 0.3) is 0 Å². The highest BCUT2D eigenvalue weighted by molar-refractivity contribution is 6.30. The number of benzene rings is 1. The summed E-state index contributed by atoms with van der Waals surface area (Å²) in [5.74, 6) is -1.27. The first-order valence-corrected chi connectivity index (χ1v) is 6.90. The molecule has 6 heteroatoms. The van der Waals surface area contributed by atoms with E-state index in [1.165, 1.54) is 4.90 Å². The standard InChI is InChI=1S/C14H19ClN2O3/c15-11-5-4-6-12(9-11)17(10-14(19)20)13(18)7-2-1-3-8-16/h4-6,9H,1-3,7-8,10,16H2,(H,19,20). The number of amides is 1. The minimum atomic E-state index is -1.06. The molecule has 110 valence electrons. The van der Waals surface area contributed by atoms with Gasteiger partial charge in [-0.3, -0.25) is 9.59 Å². The van der Waals surface area contributed by atoms with Gasteiger partial charge in [0.25, 0.3) is 0 Å². The fourth-order valence-corrected chi connectivity index (χ4v) is 2.02. The van der Waals surface area contributed by atoms with Crippen LogP contribution >= 0.6 is 11.6 Å². The summed E-state index contributed by atoms with van der Waals surface area (Å²) >= 11 is 5.88. The molecule has 0 aliphatic rings. The first-order chi connectivity index (χ1) is 9.54. The fourth-order valence-electron chi connectivity index (χ4n) is 1.84. The Hall–Kier alpha value is -1.59. The van der Waals surface area contributed by atoms with E-state index < -0.39 is 5.97 Å². The van der Waals surface area contributed by atoms with Crippen LogP contribution in [0.5, 0.6) is 0 Å². The lowest BCUT2D eigenvalue weighted by Crippen LogP contribution is -2.35. The molecule has 0 aliphatic carbocycles. The van der Waals surface area contributed by atoms with Crippen LogP contribution in [0.2, 0.25) is 5.02 Å². The summed E-state index contributed by atoms with van der Waals surface area (Å²) in [5, 5.41) is 9.40. The predicted octanol–water partition coefficient (Wildman–Crippen LogP) is 2.28. The number of nitrogens with zero attached hydrogens (tertiary/aromatic N) is 1. The first kappa shape index (κ1) is 16.5. The number of carboxylic acids is 1. The van der Waals surface area contributed by atoms with Gasteiger partial charge < -0.3 is 15.7 Å². The van der Waals surface area contributed by atoms with Gasteiger partial charge in [0, 0.05) is 17.1 Å². The number of hydrogen-bond acceptors (Lipinski definition) is 3. The SMILES string of the molecule is NCCCCCC(=O)N(CC(=O)O)c1cccc(Cl)c1. The lowest BCUT2D eigenvalue weighted by molar-refractivity contribution is -0.136. The Morgan fingerprint density at radius 1 is 1.25 bits per heavy atom. The number of unbranched alkanes of at least 4 members (excludes halogenated alkanes) is 2. The van der Waals surface area contributed by atoms with Gasteiger partial charge in [0.15, 0.2) is 0 Å². The van der Waals surface area contributed by atoms with Gasteiger partial charge >= 0.3 is 5.97 Å². The molecule has 0 atom stereocenters. The molecule has 0 aromatic heterocycles. The minimum absolute atomic E-state index is 0.216. The molecule has 0 aliphatic heterocycles. The van der Waals surface area contributed by atoms with Crippen LogP contribution in [0.4, 0.5) is 5.69 Å². The van der Waals surface area contributed by atoms with E-state index in [0.29, 0.717) is 30.1 Å². The van der Waals surface area contributed by atoms with E-state index in [4.69, 9.17) is 22.4 Å². The van der Waals surface area contributed by atoms with Gasteiger partial charge in [-0.25, -0.2) is 0 Å². The number of halogens is 1. The number of aliphatic carboxylic acids is 1. The van der Waals surface area contributed by atoms with Crippen molar-refractivity contribution in [3.8, 4) is 0 Å². The maximum Gasteiger partial charge on any atom is 0.323 e. The van der Waals surface area contributed by atoms with Crippen molar-refractivity contribution in [2.45, 2.75) is 25.7 Å². The molecule has 3 N–H and O–H groups in total. The summed E-state index contributed by atoms with van der Waals surface area (Å²) in [6.45, 7) is 0.234. The quantitative estimate of drug-likeness (QED) is 0.721. The van der Waals surface area contributed by atoms with Crippen LogP contribution in [0.15, 0.2) is 24.3 Å². The molecule has 1 aromatic rings. The summed E-state index contributed by atoms with van der Waals surface area (Å²) in [6.07, 6.45) is 2.73. The van der Waals surface area contributed by atoms with E-state index in [1.54, 1.807) is 24.3 Å².